The lowest BCUT2D eigenvalue weighted by molar-refractivity contribution is -0.137. The molecule has 0 saturated carbocycles. The first-order valence-corrected chi connectivity index (χ1v) is 8.42. The number of thiophene rings is 1. The Morgan fingerprint density at radius 3 is 2.65 bits per heavy atom. The Hall–Kier alpha value is -1.19. The van der Waals surface area contributed by atoms with Gasteiger partial charge in [-0.2, -0.15) is 8.42 Å². The molecule has 0 atom stereocenters. The van der Waals surface area contributed by atoms with E-state index < -0.39 is 16.2 Å². The molecule has 1 aromatic heterocycles. The Balaban J connectivity index is 2.58. The molecular weight excluding hydrogens is 368 g/mol. The van der Waals surface area contributed by atoms with Crippen molar-refractivity contribution in [1.82, 2.24) is 4.31 Å². The summed E-state index contributed by atoms with van der Waals surface area (Å²) in [5, 5.41) is 0. The number of esters is 1. The predicted octanol–water partition coefficient (Wildman–Crippen LogP) is 1.86. The van der Waals surface area contributed by atoms with E-state index in [1.807, 2.05) is 6.92 Å². The Bertz CT molecular complexity index is 714. The number of ether oxygens (including phenoxy) is 1. The molecule has 2 heterocycles. The summed E-state index contributed by atoms with van der Waals surface area (Å²) in [5.74, 6) is -0.726. The van der Waals surface area contributed by atoms with E-state index in [1.54, 1.807) is 6.07 Å². The molecule has 0 saturated heterocycles. The number of carbonyl (C=O) groups excluding carboxylic acids is 1. The summed E-state index contributed by atoms with van der Waals surface area (Å²) >= 11 is 4.72. The molecule has 1 aromatic rings. The number of methoxy groups -OCH3 is 1. The van der Waals surface area contributed by atoms with E-state index in [2.05, 4.69) is 25.1 Å². The van der Waals surface area contributed by atoms with Gasteiger partial charge in [-0.1, -0.05) is 0 Å². The molecule has 0 unspecified atom stereocenters. The molecule has 108 valence electrons. The molecule has 1 aliphatic rings. The lowest BCUT2D eigenvalue weighted by Crippen LogP contribution is -2.33. The molecule has 0 spiro atoms. The molecule has 0 radical (unpaired) electrons. The number of halogens is 1. The number of nitrogens with zero attached hydrogens (tertiary/aromatic N) is 2. The van der Waals surface area contributed by atoms with Gasteiger partial charge in [-0.15, -0.1) is 15.7 Å². The molecule has 9 heteroatoms. The molecule has 0 N–H and O–H groups in total. The smallest absolute Gasteiger partial charge is 0.355 e. The normalized spacial score (nSPS) is 17.5. The van der Waals surface area contributed by atoms with E-state index in [4.69, 9.17) is 0 Å². The predicted molar refractivity (Wildman–Crippen MR) is 80.1 cm³/mol. The van der Waals surface area contributed by atoms with Crippen molar-refractivity contribution in [3.63, 3.8) is 0 Å². The molecule has 20 heavy (non-hydrogen) atoms. The Morgan fingerprint density at radius 1 is 1.50 bits per heavy atom. The SMILES string of the molecule is COC(=O)C1=CC(c2cc(C)c(Br)s2)=NS(=O)(=O)N1C. The first-order valence-electron chi connectivity index (χ1n) is 5.41. The number of hydrogen-bond donors (Lipinski definition) is 0. The first-order chi connectivity index (χ1) is 9.26. The standard InChI is InChI=1S/C11H11BrN2O4S2/c1-6-4-9(19-10(6)12)7-5-8(11(15)18-3)14(2)20(16,17)13-7/h4-5H,1-3H3. The molecule has 6 nitrogen and oxygen atoms in total. The van der Waals surface area contributed by atoms with Crippen molar-refractivity contribution in [2.45, 2.75) is 6.92 Å². The van der Waals surface area contributed by atoms with Crippen LogP contribution >= 0.6 is 27.3 Å². The number of carbonyl (C=O) groups is 1. The third-order valence-corrected chi connectivity index (χ3v) is 6.15. The van der Waals surface area contributed by atoms with E-state index >= 15 is 0 Å². The minimum absolute atomic E-state index is 0.0697. The average molecular weight is 379 g/mol. The second-order valence-corrected chi connectivity index (χ2v) is 8.01. The Labute approximate surface area is 129 Å². The highest BCUT2D eigenvalue weighted by atomic mass is 79.9. The summed E-state index contributed by atoms with van der Waals surface area (Å²) < 4.78 is 33.9. The maximum Gasteiger partial charge on any atom is 0.355 e. The maximum atomic E-state index is 12.0. The third-order valence-electron chi connectivity index (χ3n) is 2.68. The zero-order valence-corrected chi connectivity index (χ0v) is 14.1. The van der Waals surface area contributed by atoms with Gasteiger partial charge in [0.2, 0.25) is 0 Å². The van der Waals surface area contributed by atoms with Crippen molar-refractivity contribution in [2.24, 2.45) is 4.40 Å². The van der Waals surface area contributed by atoms with Gasteiger partial charge in [0, 0.05) is 7.05 Å². The van der Waals surface area contributed by atoms with Gasteiger partial charge in [0.15, 0.2) is 0 Å². The summed E-state index contributed by atoms with van der Waals surface area (Å²) in [4.78, 5) is 12.3. The van der Waals surface area contributed by atoms with E-state index in [-0.39, 0.29) is 11.4 Å². The fourth-order valence-electron chi connectivity index (χ4n) is 1.55. The topological polar surface area (TPSA) is 76.0 Å². The fourth-order valence-corrected chi connectivity index (χ4v) is 4.00. The van der Waals surface area contributed by atoms with Crippen LogP contribution in [0.2, 0.25) is 0 Å². The summed E-state index contributed by atoms with van der Waals surface area (Å²) in [7, 11) is -1.47. The van der Waals surface area contributed by atoms with Crippen molar-refractivity contribution in [2.75, 3.05) is 14.2 Å². The Kier molecular flexibility index (Phi) is 4.03. The van der Waals surface area contributed by atoms with Gasteiger partial charge in [0.05, 0.1) is 21.5 Å². The molecule has 0 fully saturated rings. The van der Waals surface area contributed by atoms with Crippen LogP contribution in [0.5, 0.6) is 0 Å². The lowest BCUT2D eigenvalue weighted by Gasteiger charge is -2.21. The minimum Gasteiger partial charge on any atom is -0.464 e. The van der Waals surface area contributed by atoms with Gasteiger partial charge in [-0.25, -0.2) is 9.10 Å². The van der Waals surface area contributed by atoms with Crippen LogP contribution in [-0.2, 0) is 19.7 Å². The van der Waals surface area contributed by atoms with Crippen LogP contribution in [-0.4, -0.2) is 38.6 Å². The van der Waals surface area contributed by atoms with Crippen LogP contribution in [0.3, 0.4) is 0 Å². The summed E-state index contributed by atoms with van der Waals surface area (Å²) in [6.07, 6.45) is 1.41. The highest BCUT2D eigenvalue weighted by Gasteiger charge is 2.31. The van der Waals surface area contributed by atoms with E-state index in [0.29, 0.717) is 4.88 Å². The highest BCUT2D eigenvalue weighted by molar-refractivity contribution is 9.11. The summed E-state index contributed by atoms with van der Waals surface area (Å²) in [6, 6.07) is 1.81. The van der Waals surface area contributed by atoms with Gasteiger partial charge < -0.3 is 4.74 Å². The number of hydrogen-bond acceptors (Lipinski definition) is 5. The van der Waals surface area contributed by atoms with Crippen molar-refractivity contribution in [1.29, 1.82) is 0 Å². The van der Waals surface area contributed by atoms with Crippen molar-refractivity contribution in [3.8, 4) is 0 Å². The quantitative estimate of drug-likeness (QED) is 0.735. The second kappa shape index (κ2) is 5.30. The summed E-state index contributed by atoms with van der Waals surface area (Å²) in [6.45, 7) is 1.89. The first kappa shape index (κ1) is 15.2. The zero-order chi connectivity index (χ0) is 15.1. The number of allylic oxidation sites excluding steroid dienone is 1. The average Bonchev–Trinajstić information content (AvgIpc) is 2.72. The van der Waals surface area contributed by atoms with Crippen LogP contribution in [0.4, 0.5) is 0 Å². The van der Waals surface area contributed by atoms with Crippen molar-refractivity contribution in [3.05, 3.63) is 32.1 Å². The highest BCUT2D eigenvalue weighted by Crippen LogP contribution is 2.30. The molecule has 1 aliphatic heterocycles. The van der Waals surface area contributed by atoms with Crippen molar-refractivity contribution >= 4 is 49.2 Å². The van der Waals surface area contributed by atoms with Crippen LogP contribution in [0.1, 0.15) is 10.4 Å². The molecule has 2 rings (SSSR count). The van der Waals surface area contributed by atoms with Gasteiger partial charge >= 0.3 is 16.2 Å². The Morgan fingerprint density at radius 2 is 2.15 bits per heavy atom. The lowest BCUT2D eigenvalue weighted by atomic mass is 10.2. The molecule has 0 bridgehead atoms. The third kappa shape index (κ3) is 2.65. The summed E-state index contributed by atoms with van der Waals surface area (Å²) in [5.41, 5.74) is 1.12. The van der Waals surface area contributed by atoms with E-state index in [1.165, 1.54) is 31.6 Å². The number of aryl methyl sites for hydroxylation is 1. The van der Waals surface area contributed by atoms with E-state index in [0.717, 1.165) is 13.7 Å². The fraction of sp³-hybridized carbons (Fsp3) is 0.273. The number of rotatable bonds is 2. The number of likely N-dealkylation sites (N-methyl/N-ethyl adjacent to an activating group) is 1. The molecule has 0 aliphatic carbocycles. The van der Waals surface area contributed by atoms with Crippen molar-refractivity contribution < 1.29 is 17.9 Å². The van der Waals surface area contributed by atoms with Gasteiger partial charge in [-0.3, -0.25) is 0 Å². The molecule has 0 amide bonds. The molecule has 0 aromatic carbocycles. The van der Waals surface area contributed by atoms with Crippen LogP contribution in [0.25, 0.3) is 0 Å². The largest absolute Gasteiger partial charge is 0.464 e. The van der Waals surface area contributed by atoms with Crippen LogP contribution in [0.15, 0.2) is 26.0 Å². The van der Waals surface area contributed by atoms with Gasteiger partial charge in [-0.05, 0) is 40.6 Å². The van der Waals surface area contributed by atoms with Crippen LogP contribution < -0.4 is 0 Å². The van der Waals surface area contributed by atoms with Crippen LogP contribution in [0, 0.1) is 6.92 Å². The monoisotopic (exact) mass is 378 g/mol. The van der Waals surface area contributed by atoms with Gasteiger partial charge in [0.1, 0.15) is 5.70 Å². The minimum atomic E-state index is -3.92. The van der Waals surface area contributed by atoms with Gasteiger partial charge in [0.25, 0.3) is 0 Å². The zero-order valence-electron chi connectivity index (χ0n) is 10.9. The maximum absolute atomic E-state index is 12.0. The molecular formula is C11H11BrN2O4S2. The second-order valence-electron chi connectivity index (χ2n) is 4.01. The van der Waals surface area contributed by atoms with E-state index in [9.17, 15) is 13.2 Å².